The normalized spacial score (nSPS) is 12.2. The number of hydrogen-bond acceptors (Lipinski definition) is 2. The Balaban J connectivity index is 2.43. The highest BCUT2D eigenvalue weighted by Crippen LogP contribution is 2.37. The highest BCUT2D eigenvalue weighted by molar-refractivity contribution is 6.42. The molecule has 0 fully saturated rings. The van der Waals surface area contributed by atoms with Crippen molar-refractivity contribution in [2.24, 2.45) is 0 Å². The summed E-state index contributed by atoms with van der Waals surface area (Å²) in [6.45, 7) is 1.85. The van der Waals surface area contributed by atoms with E-state index < -0.39 is 0 Å². The predicted octanol–water partition coefficient (Wildman–Crippen LogP) is 5.21. The second kappa shape index (κ2) is 6.44. The molecule has 0 spiro atoms. The van der Waals surface area contributed by atoms with Gasteiger partial charge in [-0.1, -0.05) is 35.3 Å². The molecule has 1 N–H and O–H groups in total. The third kappa shape index (κ3) is 3.06. The highest BCUT2D eigenvalue weighted by Gasteiger charge is 2.17. The Bertz CT molecular complexity index is 619. The van der Waals surface area contributed by atoms with Gasteiger partial charge in [0.1, 0.15) is 22.3 Å². The van der Waals surface area contributed by atoms with Crippen LogP contribution in [0.4, 0.5) is 4.39 Å². The number of hydrogen-bond donors (Lipinski definition) is 1. The van der Waals surface area contributed by atoms with Gasteiger partial charge in [-0.25, -0.2) is 4.39 Å². The van der Waals surface area contributed by atoms with Crippen LogP contribution in [0.2, 0.25) is 10.0 Å². The van der Waals surface area contributed by atoms with Crippen molar-refractivity contribution in [3.05, 3.63) is 57.8 Å². The van der Waals surface area contributed by atoms with Crippen molar-refractivity contribution in [2.45, 2.75) is 13.0 Å². The average molecular weight is 314 g/mol. The maximum Gasteiger partial charge on any atom is 0.147 e. The smallest absolute Gasteiger partial charge is 0.147 e. The zero-order valence-electron chi connectivity index (χ0n) is 11.1. The summed E-state index contributed by atoms with van der Waals surface area (Å²) in [6, 6.07) is 9.58. The molecule has 20 heavy (non-hydrogen) atoms. The Labute approximate surface area is 127 Å². The first-order valence-electron chi connectivity index (χ1n) is 6.12. The van der Waals surface area contributed by atoms with Crippen LogP contribution in [-0.2, 0) is 0 Å². The Morgan fingerprint density at radius 2 is 1.75 bits per heavy atom. The maximum atomic E-state index is 14.0. The van der Waals surface area contributed by atoms with Crippen molar-refractivity contribution >= 4 is 23.2 Å². The molecule has 0 saturated heterocycles. The van der Waals surface area contributed by atoms with Gasteiger partial charge < -0.3 is 10.1 Å². The van der Waals surface area contributed by atoms with E-state index in [9.17, 15) is 4.39 Å². The molecule has 0 aliphatic carbocycles. The zero-order valence-corrected chi connectivity index (χ0v) is 12.6. The predicted molar refractivity (Wildman–Crippen MR) is 80.4 cm³/mol. The lowest BCUT2D eigenvalue weighted by Crippen LogP contribution is -2.15. The summed E-state index contributed by atoms with van der Waals surface area (Å²) in [4.78, 5) is 0. The lowest BCUT2D eigenvalue weighted by atomic mass is 10.1. The summed E-state index contributed by atoms with van der Waals surface area (Å²) in [6.07, 6.45) is 0. The fourth-order valence-electron chi connectivity index (χ4n) is 1.85. The number of benzene rings is 2. The number of halogens is 3. The molecule has 2 nitrogen and oxygen atoms in total. The molecule has 2 aromatic carbocycles. The van der Waals surface area contributed by atoms with E-state index >= 15 is 0 Å². The molecule has 0 radical (unpaired) electrons. The molecule has 0 aliphatic rings. The van der Waals surface area contributed by atoms with Gasteiger partial charge in [-0.05, 0) is 38.2 Å². The number of rotatable bonds is 4. The Morgan fingerprint density at radius 3 is 2.45 bits per heavy atom. The van der Waals surface area contributed by atoms with E-state index in [1.807, 2.05) is 6.92 Å². The fraction of sp³-hybridized carbons (Fsp3) is 0.200. The first kappa shape index (κ1) is 15.1. The van der Waals surface area contributed by atoms with Gasteiger partial charge in [-0.15, -0.1) is 0 Å². The lowest BCUT2D eigenvalue weighted by molar-refractivity contribution is 0.453. The van der Waals surface area contributed by atoms with Gasteiger partial charge in [0.25, 0.3) is 0 Å². The van der Waals surface area contributed by atoms with Crippen molar-refractivity contribution in [2.75, 3.05) is 7.05 Å². The van der Waals surface area contributed by atoms with E-state index in [-0.39, 0.29) is 11.9 Å². The minimum Gasteiger partial charge on any atom is -0.455 e. The molecule has 0 amide bonds. The van der Waals surface area contributed by atoms with E-state index in [0.29, 0.717) is 27.1 Å². The molecule has 1 unspecified atom stereocenters. The topological polar surface area (TPSA) is 21.3 Å². The van der Waals surface area contributed by atoms with Crippen molar-refractivity contribution in [3.63, 3.8) is 0 Å². The van der Waals surface area contributed by atoms with Gasteiger partial charge >= 0.3 is 0 Å². The third-order valence-corrected chi connectivity index (χ3v) is 3.82. The summed E-state index contributed by atoms with van der Waals surface area (Å²) in [7, 11) is 1.76. The van der Waals surface area contributed by atoms with Crippen LogP contribution in [0.5, 0.6) is 11.5 Å². The van der Waals surface area contributed by atoms with Crippen LogP contribution in [0.25, 0.3) is 0 Å². The summed E-state index contributed by atoms with van der Waals surface area (Å²) >= 11 is 12.0. The van der Waals surface area contributed by atoms with Crippen LogP contribution < -0.4 is 10.1 Å². The second-order valence-corrected chi connectivity index (χ2v) is 5.10. The fourth-order valence-corrected chi connectivity index (χ4v) is 2.18. The van der Waals surface area contributed by atoms with E-state index in [0.717, 1.165) is 0 Å². The molecule has 0 aromatic heterocycles. The third-order valence-electron chi connectivity index (χ3n) is 3.02. The van der Waals surface area contributed by atoms with Crippen molar-refractivity contribution < 1.29 is 9.13 Å². The van der Waals surface area contributed by atoms with E-state index in [4.69, 9.17) is 27.9 Å². The van der Waals surface area contributed by atoms with Gasteiger partial charge in [0.15, 0.2) is 0 Å². The van der Waals surface area contributed by atoms with Crippen molar-refractivity contribution in [1.82, 2.24) is 5.32 Å². The molecule has 0 heterocycles. The monoisotopic (exact) mass is 313 g/mol. The average Bonchev–Trinajstić information content (AvgIpc) is 2.43. The number of nitrogens with one attached hydrogen (secondary N) is 1. The first-order chi connectivity index (χ1) is 9.54. The van der Waals surface area contributed by atoms with Crippen LogP contribution in [0.1, 0.15) is 18.5 Å². The first-order valence-corrected chi connectivity index (χ1v) is 6.87. The molecule has 106 valence electrons. The van der Waals surface area contributed by atoms with Gasteiger partial charge in [0.2, 0.25) is 0 Å². The summed E-state index contributed by atoms with van der Waals surface area (Å²) < 4.78 is 19.7. The Morgan fingerprint density at radius 1 is 1.10 bits per heavy atom. The van der Waals surface area contributed by atoms with E-state index in [2.05, 4.69) is 5.32 Å². The molecular weight excluding hydrogens is 300 g/mol. The highest BCUT2D eigenvalue weighted by atomic mass is 35.5. The van der Waals surface area contributed by atoms with E-state index in [1.165, 1.54) is 6.07 Å². The van der Waals surface area contributed by atoms with Crippen LogP contribution in [0, 0.1) is 5.82 Å². The lowest BCUT2D eigenvalue weighted by Gasteiger charge is -2.17. The second-order valence-electron chi connectivity index (χ2n) is 4.32. The largest absolute Gasteiger partial charge is 0.455 e. The molecular formula is C15H14Cl2FNO. The minimum absolute atomic E-state index is 0.191. The van der Waals surface area contributed by atoms with Gasteiger partial charge in [-0.3, -0.25) is 0 Å². The summed E-state index contributed by atoms with van der Waals surface area (Å²) in [5.74, 6) is 0.479. The molecule has 2 rings (SSSR count). The van der Waals surface area contributed by atoms with Gasteiger partial charge in [0, 0.05) is 11.6 Å². The SMILES string of the molecule is CNC(C)c1c(F)cccc1Oc1cccc(Cl)c1Cl. The summed E-state index contributed by atoms with van der Waals surface area (Å²) in [5, 5.41) is 3.69. The van der Waals surface area contributed by atoms with Crippen LogP contribution in [0.15, 0.2) is 36.4 Å². The van der Waals surface area contributed by atoms with Gasteiger partial charge in [-0.2, -0.15) is 0 Å². The molecule has 0 saturated carbocycles. The standard InChI is InChI=1S/C15H14Cl2FNO/c1-9(19-2)14-11(18)6-4-7-12(14)20-13-8-3-5-10(16)15(13)17/h3-9,19H,1-2H3. The molecule has 2 aromatic rings. The zero-order chi connectivity index (χ0) is 14.7. The Kier molecular flexibility index (Phi) is 4.86. The quantitative estimate of drug-likeness (QED) is 0.837. The van der Waals surface area contributed by atoms with Crippen molar-refractivity contribution in [3.8, 4) is 11.5 Å². The molecule has 5 heteroatoms. The van der Waals surface area contributed by atoms with Crippen LogP contribution in [0.3, 0.4) is 0 Å². The van der Waals surface area contributed by atoms with E-state index in [1.54, 1.807) is 37.4 Å². The molecule has 0 bridgehead atoms. The number of ether oxygens (including phenoxy) is 1. The van der Waals surface area contributed by atoms with Gasteiger partial charge in [0.05, 0.1) is 5.02 Å². The van der Waals surface area contributed by atoms with Crippen molar-refractivity contribution in [1.29, 1.82) is 0 Å². The molecule has 0 aliphatic heterocycles. The van der Waals surface area contributed by atoms with Crippen LogP contribution in [-0.4, -0.2) is 7.05 Å². The van der Waals surface area contributed by atoms with Crippen LogP contribution >= 0.6 is 23.2 Å². The summed E-state index contributed by atoms with van der Waals surface area (Å²) in [5.41, 5.74) is 0.450. The minimum atomic E-state index is -0.331. The molecule has 1 atom stereocenters. The maximum absolute atomic E-state index is 14.0. The Hall–Kier alpha value is -1.29.